The number of anilines is 1. The molecule has 0 unspecified atom stereocenters. The standard InChI is InChI=1S/C25H27NO5/c1-5-30-23-9-7-6-8-22(23)26-24(27)17(3)31-25(28)16(2)18-10-11-20-15-21(29-4)13-12-19(20)14-18/h6-17H,5H2,1-4H3,(H,26,27)/t16-,17+/m0/s1. The molecule has 0 heterocycles. The summed E-state index contributed by atoms with van der Waals surface area (Å²) < 4.78 is 16.2. The topological polar surface area (TPSA) is 73.9 Å². The lowest BCUT2D eigenvalue weighted by molar-refractivity contribution is -0.154. The minimum absolute atomic E-state index is 0.418. The van der Waals surface area contributed by atoms with E-state index in [2.05, 4.69) is 5.32 Å². The van der Waals surface area contributed by atoms with E-state index in [1.54, 1.807) is 39.2 Å². The summed E-state index contributed by atoms with van der Waals surface area (Å²) in [5.41, 5.74) is 1.35. The van der Waals surface area contributed by atoms with Crippen LogP contribution in [0.15, 0.2) is 60.7 Å². The van der Waals surface area contributed by atoms with E-state index < -0.39 is 23.9 Å². The number of methoxy groups -OCH3 is 1. The van der Waals surface area contributed by atoms with Crippen LogP contribution in [-0.4, -0.2) is 31.7 Å². The molecule has 3 rings (SSSR count). The molecule has 6 nitrogen and oxygen atoms in total. The van der Waals surface area contributed by atoms with Crippen molar-refractivity contribution < 1.29 is 23.8 Å². The van der Waals surface area contributed by atoms with Gasteiger partial charge in [-0.25, -0.2) is 0 Å². The number of carbonyl (C=O) groups is 2. The molecule has 0 radical (unpaired) electrons. The molecule has 2 atom stereocenters. The van der Waals surface area contributed by atoms with Gasteiger partial charge in [0, 0.05) is 0 Å². The van der Waals surface area contributed by atoms with Crippen LogP contribution in [-0.2, 0) is 14.3 Å². The summed E-state index contributed by atoms with van der Waals surface area (Å²) in [6, 6.07) is 18.7. The molecule has 31 heavy (non-hydrogen) atoms. The van der Waals surface area contributed by atoms with Crippen molar-refractivity contribution in [3.63, 3.8) is 0 Å². The van der Waals surface area contributed by atoms with Crippen LogP contribution in [0.25, 0.3) is 10.8 Å². The predicted molar refractivity (Wildman–Crippen MR) is 121 cm³/mol. The normalized spacial score (nSPS) is 12.6. The molecular weight excluding hydrogens is 394 g/mol. The number of hydrogen-bond donors (Lipinski definition) is 1. The SMILES string of the molecule is CCOc1ccccc1NC(=O)[C@@H](C)OC(=O)[C@@H](C)c1ccc2cc(OC)ccc2c1. The maximum atomic E-state index is 12.7. The van der Waals surface area contributed by atoms with Crippen LogP contribution < -0.4 is 14.8 Å². The molecule has 0 aliphatic rings. The summed E-state index contributed by atoms with van der Waals surface area (Å²) in [6.07, 6.45) is -0.950. The largest absolute Gasteiger partial charge is 0.497 e. The van der Waals surface area contributed by atoms with Crippen molar-refractivity contribution in [2.75, 3.05) is 19.0 Å². The summed E-state index contributed by atoms with van der Waals surface area (Å²) in [7, 11) is 1.63. The molecule has 1 N–H and O–H groups in total. The fourth-order valence-electron chi connectivity index (χ4n) is 3.19. The minimum atomic E-state index is -0.950. The van der Waals surface area contributed by atoms with Crippen LogP contribution in [0.3, 0.4) is 0 Å². The van der Waals surface area contributed by atoms with Crippen LogP contribution in [0.2, 0.25) is 0 Å². The molecule has 0 saturated carbocycles. The zero-order valence-corrected chi connectivity index (χ0v) is 18.2. The summed E-state index contributed by atoms with van der Waals surface area (Å²) in [5, 5.41) is 4.78. The second-order valence-electron chi connectivity index (χ2n) is 7.19. The fraction of sp³-hybridized carbons (Fsp3) is 0.280. The van der Waals surface area contributed by atoms with Gasteiger partial charge in [-0.05, 0) is 61.4 Å². The lowest BCUT2D eigenvalue weighted by Crippen LogP contribution is -2.31. The number of para-hydroxylation sites is 2. The first kappa shape index (κ1) is 22.2. The van der Waals surface area contributed by atoms with Gasteiger partial charge in [0.2, 0.25) is 0 Å². The Bertz CT molecular complexity index is 1080. The molecule has 0 aromatic heterocycles. The Morgan fingerprint density at radius 2 is 1.68 bits per heavy atom. The first-order valence-electron chi connectivity index (χ1n) is 10.2. The third-order valence-corrected chi connectivity index (χ3v) is 5.03. The molecular formula is C25H27NO5. The van der Waals surface area contributed by atoms with Crippen LogP contribution >= 0.6 is 0 Å². The maximum absolute atomic E-state index is 12.7. The first-order chi connectivity index (χ1) is 14.9. The number of esters is 1. The van der Waals surface area contributed by atoms with E-state index in [1.165, 1.54) is 0 Å². The van der Waals surface area contributed by atoms with Gasteiger partial charge in [-0.1, -0.05) is 36.4 Å². The highest BCUT2D eigenvalue weighted by Gasteiger charge is 2.24. The van der Waals surface area contributed by atoms with E-state index in [0.29, 0.717) is 18.0 Å². The minimum Gasteiger partial charge on any atom is -0.497 e. The molecule has 6 heteroatoms. The second kappa shape index (κ2) is 9.98. The quantitative estimate of drug-likeness (QED) is 0.523. The maximum Gasteiger partial charge on any atom is 0.313 e. The third-order valence-electron chi connectivity index (χ3n) is 5.03. The summed E-state index contributed by atoms with van der Waals surface area (Å²) in [6.45, 7) is 5.67. The van der Waals surface area contributed by atoms with E-state index >= 15 is 0 Å². The fourth-order valence-corrected chi connectivity index (χ4v) is 3.19. The Balaban J connectivity index is 1.66. The van der Waals surface area contributed by atoms with Crippen molar-refractivity contribution >= 4 is 28.3 Å². The monoisotopic (exact) mass is 421 g/mol. The lowest BCUT2D eigenvalue weighted by atomic mass is 9.98. The number of fused-ring (bicyclic) bond motifs is 1. The molecule has 1 amide bonds. The molecule has 0 fully saturated rings. The molecule has 3 aromatic rings. The highest BCUT2D eigenvalue weighted by molar-refractivity contribution is 5.96. The Kier molecular flexibility index (Phi) is 7.13. The van der Waals surface area contributed by atoms with E-state index in [1.807, 2.05) is 49.4 Å². The van der Waals surface area contributed by atoms with E-state index in [0.717, 1.165) is 22.1 Å². The highest BCUT2D eigenvalue weighted by Crippen LogP contribution is 2.27. The van der Waals surface area contributed by atoms with E-state index in [-0.39, 0.29) is 0 Å². The van der Waals surface area contributed by atoms with Crippen molar-refractivity contribution in [2.24, 2.45) is 0 Å². The van der Waals surface area contributed by atoms with Gasteiger partial charge in [-0.15, -0.1) is 0 Å². The van der Waals surface area contributed by atoms with Crippen LogP contribution in [0, 0.1) is 0 Å². The van der Waals surface area contributed by atoms with Crippen molar-refractivity contribution in [2.45, 2.75) is 32.8 Å². The Labute approximate surface area is 182 Å². The van der Waals surface area contributed by atoms with Gasteiger partial charge in [0.25, 0.3) is 5.91 Å². The van der Waals surface area contributed by atoms with Crippen molar-refractivity contribution in [1.29, 1.82) is 0 Å². The molecule has 0 aliphatic heterocycles. The molecule has 3 aromatic carbocycles. The Morgan fingerprint density at radius 3 is 2.42 bits per heavy atom. The zero-order valence-electron chi connectivity index (χ0n) is 18.2. The van der Waals surface area contributed by atoms with Gasteiger partial charge in [-0.3, -0.25) is 9.59 Å². The van der Waals surface area contributed by atoms with Gasteiger partial charge in [0.05, 0.1) is 25.3 Å². The van der Waals surface area contributed by atoms with Gasteiger partial charge < -0.3 is 19.5 Å². The second-order valence-corrected chi connectivity index (χ2v) is 7.19. The number of benzene rings is 3. The average molecular weight is 421 g/mol. The highest BCUT2D eigenvalue weighted by atomic mass is 16.5. The van der Waals surface area contributed by atoms with Gasteiger partial charge >= 0.3 is 5.97 Å². The van der Waals surface area contributed by atoms with Crippen LogP contribution in [0.1, 0.15) is 32.3 Å². The first-order valence-corrected chi connectivity index (χ1v) is 10.2. The smallest absolute Gasteiger partial charge is 0.313 e. The molecule has 162 valence electrons. The predicted octanol–water partition coefficient (Wildman–Crippen LogP) is 4.92. The molecule has 0 aliphatic carbocycles. The van der Waals surface area contributed by atoms with Gasteiger partial charge in [0.15, 0.2) is 6.10 Å². The number of nitrogens with one attached hydrogen (secondary N) is 1. The Morgan fingerprint density at radius 1 is 0.968 bits per heavy atom. The molecule has 0 spiro atoms. The third kappa shape index (κ3) is 5.34. The summed E-state index contributed by atoms with van der Waals surface area (Å²) >= 11 is 0. The van der Waals surface area contributed by atoms with Crippen LogP contribution in [0.4, 0.5) is 5.69 Å². The summed E-state index contributed by atoms with van der Waals surface area (Å²) in [5.74, 6) is -0.0547. The Hall–Kier alpha value is -3.54. The number of ether oxygens (including phenoxy) is 3. The van der Waals surface area contributed by atoms with Gasteiger partial charge in [0.1, 0.15) is 11.5 Å². The summed E-state index contributed by atoms with van der Waals surface area (Å²) in [4.78, 5) is 25.2. The number of amides is 1. The van der Waals surface area contributed by atoms with E-state index in [4.69, 9.17) is 14.2 Å². The number of hydrogen-bond acceptors (Lipinski definition) is 5. The zero-order chi connectivity index (χ0) is 22.4. The number of carbonyl (C=O) groups excluding carboxylic acids is 2. The van der Waals surface area contributed by atoms with Gasteiger partial charge in [-0.2, -0.15) is 0 Å². The van der Waals surface area contributed by atoms with Crippen molar-refractivity contribution in [3.05, 3.63) is 66.2 Å². The number of rotatable bonds is 8. The molecule has 0 bridgehead atoms. The lowest BCUT2D eigenvalue weighted by Gasteiger charge is -2.18. The van der Waals surface area contributed by atoms with E-state index in [9.17, 15) is 9.59 Å². The molecule has 0 saturated heterocycles. The average Bonchev–Trinajstić information content (AvgIpc) is 2.79. The van der Waals surface area contributed by atoms with Crippen molar-refractivity contribution in [1.82, 2.24) is 0 Å². The van der Waals surface area contributed by atoms with Crippen molar-refractivity contribution in [3.8, 4) is 11.5 Å². The van der Waals surface area contributed by atoms with Crippen LogP contribution in [0.5, 0.6) is 11.5 Å².